The molecule has 0 fully saturated rings. The second-order valence-electron chi connectivity index (χ2n) is 5.76. The second-order valence-corrected chi connectivity index (χ2v) is 7.63. The van der Waals surface area contributed by atoms with Gasteiger partial charge in [-0.15, -0.1) is 5.10 Å². The van der Waals surface area contributed by atoms with Crippen molar-refractivity contribution in [2.45, 2.75) is 50.0 Å². The van der Waals surface area contributed by atoms with Crippen molar-refractivity contribution in [3.8, 4) is 0 Å². The van der Waals surface area contributed by atoms with Crippen molar-refractivity contribution in [1.29, 1.82) is 0 Å². The fraction of sp³-hybridized carbons (Fsp3) is 0.471. The highest BCUT2D eigenvalue weighted by Crippen LogP contribution is 2.15. The lowest BCUT2D eigenvalue weighted by molar-refractivity contribution is -0.121. The molecule has 136 valence electrons. The van der Waals surface area contributed by atoms with Gasteiger partial charge in [-0.05, 0) is 18.4 Å². The van der Waals surface area contributed by atoms with Crippen molar-refractivity contribution < 1.29 is 17.6 Å². The molecule has 8 heteroatoms. The van der Waals surface area contributed by atoms with E-state index in [0.29, 0.717) is 31.4 Å². The van der Waals surface area contributed by atoms with Crippen LogP contribution in [0.4, 0.5) is 0 Å². The summed E-state index contributed by atoms with van der Waals surface area (Å²) < 4.78 is 29.8. The van der Waals surface area contributed by atoms with Gasteiger partial charge in [0, 0.05) is 19.4 Å². The highest BCUT2D eigenvalue weighted by atomic mass is 32.2. The molecule has 2 rings (SSSR count). The number of carbonyl (C=O) groups is 1. The molecule has 0 aliphatic rings. The van der Waals surface area contributed by atoms with E-state index in [2.05, 4.69) is 15.5 Å². The van der Waals surface area contributed by atoms with E-state index in [1.807, 2.05) is 13.0 Å². The van der Waals surface area contributed by atoms with E-state index in [-0.39, 0.29) is 22.8 Å². The maximum atomic E-state index is 12.3. The van der Waals surface area contributed by atoms with E-state index < -0.39 is 9.84 Å². The number of unbranched alkanes of at least 4 members (excludes halogenated alkanes) is 1. The number of aromatic nitrogens is 2. The Labute approximate surface area is 147 Å². The van der Waals surface area contributed by atoms with Gasteiger partial charge in [0.05, 0.1) is 5.75 Å². The molecule has 0 aliphatic heterocycles. The molecule has 1 N–H and O–H groups in total. The largest absolute Gasteiger partial charge is 0.413 e. The van der Waals surface area contributed by atoms with Crippen molar-refractivity contribution in [3.63, 3.8) is 0 Å². The van der Waals surface area contributed by atoms with Crippen LogP contribution in [0.2, 0.25) is 0 Å². The first-order valence-corrected chi connectivity index (χ1v) is 10.0. The maximum absolute atomic E-state index is 12.3. The van der Waals surface area contributed by atoms with E-state index >= 15 is 0 Å². The van der Waals surface area contributed by atoms with E-state index in [9.17, 15) is 13.2 Å². The number of rotatable bonds is 10. The predicted molar refractivity (Wildman–Crippen MR) is 92.5 cm³/mol. The van der Waals surface area contributed by atoms with Crippen LogP contribution in [0, 0.1) is 0 Å². The molecule has 7 nitrogen and oxygen atoms in total. The first-order chi connectivity index (χ1) is 12.0. The van der Waals surface area contributed by atoms with Gasteiger partial charge < -0.3 is 9.73 Å². The van der Waals surface area contributed by atoms with Gasteiger partial charge in [-0.3, -0.25) is 4.79 Å². The highest BCUT2D eigenvalue weighted by Gasteiger charge is 2.22. The molecule has 0 aliphatic carbocycles. The number of amides is 1. The minimum Gasteiger partial charge on any atom is -0.413 e. The molecule has 2 aromatic rings. The van der Waals surface area contributed by atoms with Crippen molar-refractivity contribution in [1.82, 2.24) is 15.5 Å². The summed E-state index contributed by atoms with van der Waals surface area (Å²) >= 11 is 0. The molecule has 0 saturated carbocycles. The molecule has 25 heavy (non-hydrogen) atoms. The average Bonchev–Trinajstić information content (AvgIpc) is 3.07. The van der Waals surface area contributed by atoms with Crippen LogP contribution in [0.15, 0.2) is 40.0 Å². The number of hydrogen-bond donors (Lipinski definition) is 1. The molecule has 0 saturated heterocycles. The summed E-state index contributed by atoms with van der Waals surface area (Å²) in [5, 5.41) is 9.88. The minimum atomic E-state index is -3.66. The SMILES string of the molecule is CCCCC(=O)NCCCc1nnc(S(=O)(=O)Cc2ccccc2)o1. The van der Waals surface area contributed by atoms with Crippen molar-refractivity contribution >= 4 is 15.7 Å². The standard InChI is InChI=1S/C17H23N3O4S/c1-2-3-10-15(21)18-12-7-11-16-19-20-17(24-16)25(22,23)13-14-8-5-4-6-9-14/h4-6,8-9H,2-3,7,10-13H2,1H3,(H,18,21). The molecule has 0 radical (unpaired) electrons. The van der Waals surface area contributed by atoms with Gasteiger partial charge in [0.2, 0.25) is 21.6 Å². The van der Waals surface area contributed by atoms with Crippen LogP contribution in [0.1, 0.15) is 44.1 Å². The van der Waals surface area contributed by atoms with Gasteiger partial charge in [0.1, 0.15) is 0 Å². The second kappa shape index (κ2) is 9.31. The number of benzene rings is 1. The van der Waals surface area contributed by atoms with Crippen molar-refractivity contribution in [2.75, 3.05) is 6.54 Å². The molecule has 1 aromatic heterocycles. The molecular weight excluding hydrogens is 342 g/mol. The summed E-state index contributed by atoms with van der Waals surface area (Å²) in [4.78, 5) is 11.5. The fourth-order valence-electron chi connectivity index (χ4n) is 2.21. The quantitative estimate of drug-likeness (QED) is 0.648. The zero-order valence-corrected chi connectivity index (χ0v) is 15.1. The summed E-state index contributed by atoms with van der Waals surface area (Å²) in [5.41, 5.74) is 0.664. The zero-order chi connectivity index (χ0) is 18.1. The third kappa shape index (κ3) is 6.30. The summed E-state index contributed by atoms with van der Waals surface area (Å²) in [6, 6.07) is 8.84. The van der Waals surface area contributed by atoms with Crippen LogP contribution in [-0.4, -0.2) is 31.1 Å². The molecule has 1 amide bonds. The lowest BCUT2D eigenvalue weighted by Gasteiger charge is -2.03. The Kier molecular flexibility index (Phi) is 7.12. The van der Waals surface area contributed by atoms with Gasteiger partial charge in [-0.1, -0.05) is 48.8 Å². The summed E-state index contributed by atoms with van der Waals surface area (Å²) in [5.74, 6) is 0.108. The van der Waals surface area contributed by atoms with Gasteiger partial charge in [-0.2, -0.15) is 0 Å². The van der Waals surface area contributed by atoms with Crippen LogP contribution >= 0.6 is 0 Å². The smallest absolute Gasteiger partial charge is 0.335 e. The minimum absolute atomic E-state index is 0.0264. The molecule has 0 unspecified atom stereocenters. The van der Waals surface area contributed by atoms with Crippen molar-refractivity contribution in [3.05, 3.63) is 41.8 Å². The van der Waals surface area contributed by atoms with Gasteiger partial charge in [0.25, 0.3) is 0 Å². The molecular formula is C17H23N3O4S. The Morgan fingerprint density at radius 1 is 1.16 bits per heavy atom. The van der Waals surface area contributed by atoms with Crippen LogP contribution in [-0.2, 0) is 26.8 Å². The molecule has 0 spiro atoms. The molecule has 0 atom stereocenters. The first-order valence-electron chi connectivity index (χ1n) is 8.37. The fourth-order valence-corrected chi connectivity index (χ4v) is 3.36. The Hall–Kier alpha value is -2.22. The van der Waals surface area contributed by atoms with Crippen LogP contribution in [0.25, 0.3) is 0 Å². The Balaban J connectivity index is 1.82. The topological polar surface area (TPSA) is 102 Å². The lowest BCUT2D eigenvalue weighted by atomic mass is 10.2. The van der Waals surface area contributed by atoms with Gasteiger partial charge >= 0.3 is 5.22 Å². The number of nitrogens with zero attached hydrogens (tertiary/aromatic N) is 2. The first kappa shape index (κ1) is 19.1. The Morgan fingerprint density at radius 3 is 2.64 bits per heavy atom. The van der Waals surface area contributed by atoms with E-state index in [1.54, 1.807) is 24.3 Å². The zero-order valence-electron chi connectivity index (χ0n) is 14.3. The average molecular weight is 365 g/mol. The number of sulfone groups is 1. The third-order valence-electron chi connectivity index (χ3n) is 3.56. The molecule has 0 bridgehead atoms. The van der Waals surface area contributed by atoms with E-state index in [0.717, 1.165) is 12.8 Å². The highest BCUT2D eigenvalue weighted by molar-refractivity contribution is 7.90. The van der Waals surface area contributed by atoms with Crippen LogP contribution in [0.3, 0.4) is 0 Å². The maximum Gasteiger partial charge on any atom is 0.335 e. The predicted octanol–water partition coefficient (Wildman–Crippen LogP) is 2.28. The Bertz CT molecular complexity index is 772. The third-order valence-corrected chi connectivity index (χ3v) is 4.97. The van der Waals surface area contributed by atoms with E-state index in [4.69, 9.17) is 4.42 Å². The normalized spacial score (nSPS) is 11.4. The van der Waals surface area contributed by atoms with Gasteiger partial charge in [-0.25, -0.2) is 8.42 Å². The summed E-state index contributed by atoms with van der Waals surface area (Å²) in [7, 11) is -3.66. The number of nitrogens with one attached hydrogen (secondary N) is 1. The van der Waals surface area contributed by atoms with Crippen LogP contribution < -0.4 is 5.32 Å². The Morgan fingerprint density at radius 2 is 1.92 bits per heavy atom. The molecule has 1 aromatic carbocycles. The number of hydrogen-bond acceptors (Lipinski definition) is 6. The summed E-state index contributed by atoms with van der Waals surface area (Å²) in [6.07, 6.45) is 3.41. The lowest BCUT2D eigenvalue weighted by Crippen LogP contribution is -2.24. The van der Waals surface area contributed by atoms with E-state index in [1.165, 1.54) is 0 Å². The number of carbonyl (C=O) groups excluding carboxylic acids is 1. The van der Waals surface area contributed by atoms with Crippen molar-refractivity contribution in [2.24, 2.45) is 0 Å². The molecule has 1 heterocycles. The monoisotopic (exact) mass is 365 g/mol. The number of aryl methyl sites for hydroxylation is 1. The van der Waals surface area contributed by atoms with Gasteiger partial charge in [0.15, 0.2) is 0 Å². The van der Waals surface area contributed by atoms with Crippen LogP contribution in [0.5, 0.6) is 0 Å². The summed E-state index contributed by atoms with van der Waals surface area (Å²) in [6.45, 7) is 2.53.